The first-order chi connectivity index (χ1) is 11.2. The number of rotatable bonds is 3. The van der Waals surface area contributed by atoms with Crippen molar-refractivity contribution >= 4 is 17.2 Å². The Hall–Kier alpha value is -2.75. The van der Waals surface area contributed by atoms with E-state index in [1.54, 1.807) is 12.1 Å². The lowest BCUT2D eigenvalue weighted by Crippen LogP contribution is -2.08. The zero-order chi connectivity index (χ0) is 16.1. The second kappa shape index (κ2) is 7.01. The van der Waals surface area contributed by atoms with Gasteiger partial charge in [-0.3, -0.25) is 4.79 Å². The minimum atomic E-state index is -0.166. The van der Waals surface area contributed by atoms with E-state index in [9.17, 15) is 4.79 Å². The maximum absolute atomic E-state index is 12.2. The Labute approximate surface area is 135 Å². The first kappa shape index (κ1) is 15.2. The molecule has 118 valence electrons. The molecule has 1 heterocycles. The number of carbonyl (C=O) groups excluding carboxylic acids is 1. The molecule has 0 bridgehead atoms. The van der Waals surface area contributed by atoms with Gasteiger partial charge in [0.15, 0.2) is 11.5 Å². The number of hydrogen-bond donors (Lipinski definition) is 1. The van der Waals surface area contributed by atoms with Gasteiger partial charge in [-0.15, -0.1) is 0 Å². The topological polar surface area (TPSA) is 47.6 Å². The van der Waals surface area contributed by atoms with Crippen LogP contribution in [-0.4, -0.2) is 19.1 Å². The maximum Gasteiger partial charge on any atom is 0.248 e. The van der Waals surface area contributed by atoms with Crippen LogP contribution in [0.1, 0.15) is 18.9 Å². The highest BCUT2D eigenvalue weighted by molar-refractivity contribution is 6.03. The van der Waals surface area contributed by atoms with Crippen LogP contribution in [0.15, 0.2) is 54.6 Å². The van der Waals surface area contributed by atoms with Gasteiger partial charge in [0.1, 0.15) is 0 Å². The van der Waals surface area contributed by atoms with Crippen LogP contribution in [0.3, 0.4) is 0 Å². The van der Waals surface area contributed by atoms with Gasteiger partial charge in [0.2, 0.25) is 5.91 Å². The zero-order valence-electron chi connectivity index (χ0n) is 13.0. The third-order valence-electron chi connectivity index (χ3n) is 3.59. The fourth-order valence-corrected chi connectivity index (χ4v) is 2.40. The third-order valence-corrected chi connectivity index (χ3v) is 3.59. The Kier molecular flexibility index (Phi) is 4.62. The molecule has 0 radical (unpaired) electrons. The molecule has 0 fully saturated rings. The van der Waals surface area contributed by atoms with Crippen LogP contribution >= 0.6 is 0 Å². The molecule has 0 atom stereocenters. The van der Waals surface area contributed by atoms with Crippen LogP contribution in [0.2, 0.25) is 0 Å². The average molecular weight is 309 g/mol. The number of nitrogens with one attached hydrogen (secondary N) is 1. The highest BCUT2D eigenvalue weighted by Gasteiger charge is 2.11. The summed E-state index contributed by atoms with van der Waals surface area (Å²) >= 11 is 0. The Balaban J connectivity index is 1.72. The van der Waals surface area contributed by atoms with Crippen LogP contribution in [-0.2, 0) is 4.79 Å². The molecule has 0 spiro atoms. The van der Waals surface area contributed by atoms with E-state index in [1.165, 1.54) is 0 Å². The van der Waals surface area contributed by atoms with Crippen molar-refractivity contribution in [3.05, 3.63) is 60.2 Å². The fraction of sp³-hybridized carbons (Fsp3) is 0.211. The molecule has 0 saturated carbocycles. The summed E-state index contributed by atoms with van der Waals surface area (Å²) in [6, 6.07) is 15.3. The SMILES string of the molecule is C/C(=C/C(=O)Nc1ccc2c(c1)OCCCO2)c1ccccc1. The molecule has 1 aliphatic rings. The Bertz CT molecular complexity index is 723. The summed E-state index contributed by atoms with van der Waals surface area (Å²) in [5.74, 6) is 1.22. The minimum Gasteiger partial charge on any atom is -0.490 e. The van der Waals surface area contributed by atoms with Crippen molar-refractivity contribution in [3.63, 3.8) is 0 Å². The van der Waals surface area contributed by atoms with Crippen LogP contribution < -0.4 is 14.8 Å². The van der Waals surface area contributed by atoms with Gasteiger partial charge in [0.25, 0.3) is 0 Å². The molecule has 2 aromatic rings. The predicted molar refractivity (Wildman–Crippen MR) is 90.8 cm³/mol. The van der Waals surface area contributed by atoms with Gasteiger partial charge >= 0.3 is 0 Å². The van der Waals surface area contributed by atoms with Crippen molar-refractivity contribution in [2.45, 2.75) is 13.3 Å². The van der Waals surface area contributed by atoms with E-state index < -0.39 is 0 Å². The first-order valence-electron chi connectivity index (χ1n) is 7.67. The molecule has 1 N–H and O–H groups in total. The van der Waals surface area contributed by atoms with E-state index in [-0.39, 0.29) is 5.91 Å². The Morgan fingerprint density at radius 2 is 1.78 bits per heavy atom. The number of fused-ring (bicyclic) bond motifs is 1. The van der Waals surface area contributed by atoms with Gasteiger partial charge in [0, 0.05) is 24.3 Å². The molecule has 4 heteroatoms. The van der Waals surface area contributed by atoms with Crippen molar-refractivity contribution < 1.29 is 14.3 Å². The smallest absolute Gasteiger partial charge is 0.248 e. The molecule has 3 rings (SSSR count). The number of amides is 1. The van der Waals surface area contributed by atoms with Gasteiger partial charge in [-0.05, 0) is 30.2 Å². The Morgan fingerprint density at radius 1 is 1.04 bits per heavy atom. The molecule has 1 amide bonds. The molecule has 2 aromatic carbocycles. The van der Waals surface area contributed by atoms with Crippen molar-refractivity contribution in [2.75, 3.05) is 18.5 Å². The van der Waals surface area contributed by atoms with Crippen molar-refractivity contribution in [3.8, 4) is 11.5 Å². The lowest BCUT2D eigenvalue weighted by Gasteiger charge is -2.10. The van der Waals surface area contributed by atoms with Gasteiger partial charge < -0.3 is 14.8 Å². The Morgan fingerprint density at radius 3 is 2.57 bits per heavy atom. The number of anilines is 1. The second-order valence-electron chi connectivity index (χ2n) is 5.39. The van der Waals surface area contributed by atoms with Crippen LogP contribution in [0.5, 0.6) is 11.5 Å². The van der Waals surface area contributed by atoms with E-state index >= 15 is 0 Å². The maximum atomic E-state index is 12.2. The van der Waals surface area contributed by atoms with Gasteiger partial charge in [-0.2, -0.15) is 0 Å². The molecular formula is C19H19NO3. The number of ether oxygens (including phenoxy) is 2. The summed E-state index contributed by atoms with van der Waals surface area (Å²) in [5.41, 5.74) is 2.63. The lowest BCUT2D eigenvalue weighted by molar-refractivity contribution is -0.111. The molecular weight excluding hydrogens is 290 g/mol. The van der Waals surface area contributed by atoms with Crippen LogP contribution in [0, 0.1) is 0 Å². The first-order valence-corrected chi connectivity index (χ1v) is 7.67. The molecule has 23 heavy (non-hydrogen) atoms. The van der Waals surface area contributed by atoms with Gasteiger partial charge in [-0.1, -0.05) is 30.3 Å². The molecule has 4 nitrogen and oxygen atoms in total. The third kappa shape index (κ3) is 3.92. The minimum absolute atomic E-state index is 0.166. The molecule has 0 saturated heterocycles. The van der Waals surface area contributed by atoms with E-state index in [4.69, 9.17) is 9.47 Å². The monoisotopic (exact) mass is 309 g/mol. The molecule has 0 aromatic heterocycles. The zero-order valence-corrected chi connectivity index (χ0v) is 13.0. The number of allylic oxidation sites excluding steroid dienone is 1. The van der Waals surface area contributed by atoms with Crippen LogP contribution in [0.4, 0.5) is 5.69 Å². The van der Waals surface area contributed by atoms with E-state index in [0.29, 0.717) is 24.7 Å². The van der Waals surface area contributed by atoms with Gasteiger partial charge in [0.05, 0.1) is 13.2 Å². The number of benzene rings is 2. The van der Waals surface area contributed by atoms with Gasteiger partial charge in [-0.25, -0.2) is 0 Å². The summed E-state index contributed by atoms with van der Waals surface area (Å²) in [6.07, 6.45) is 2.45. The summed E-state index contributed by atoms with van der Waals surface area (Å²) in [6.45, 7) is 3.19. The normalized spacial score (nSPS) is 14.0. The lowest BCUT2D eigenvalue weighted by atomic mass is 10.1. The summed E-state index contributed by atoms with van der Waals surface area (Å²) in [5, 5.41) is 2.86. The standard InChI is InChI=1S/C19H19NO3/c1-14(15-6-3-2-4-7-15)12-19(21)20-16-8-9-17-18(13-16)23-11-5-10-22-17/h2-4,6-9,12-13H,5,10-11H2,1H3,(H,20,21)/b14-12-. The highest BCUT2D eigenvalue weighted by atomic mass is 16.5. The van der Waals surface area contributed by atoms with Crippen molar-refractivity contribution in [1.29, 1.82) is 0 Å². The molecule has 0 unspecified atom stereocenters. The summed E-state index contributed by atoms with van der Waals surface area (Å²) < 4.78 is 11.2. The van der Waals surface area contributed by atoms with Crippen molar-refractivity contribution in [2.24, 2.45) is 0 Å². The van der Waals surface area contributed by atoms with Crippen LogP contribution in [0.25, 0.3) is 5.57 Å². The van der Waals surface area contributed by atoms with E-state index in [0.717, 1.165) is 23.3 Å². The van der Waals surface area contributed by atoms with Crippen molar-refractivity contribution in [1.82, 2.24) is 0 Å². The van der Waals surface area contributed by atoms with E-state index in [2.05, 4.69) is 5.32 Å². The highest BCUT2D eigenvalue weighted by Crippen LogP contribution is 2.32. The average Bonchev–Trinajstić information content (AvgIpc) is 2.80. The second-order valence-corrected chi connectivity index (χ2v) is 5.39. The number of carbonyl (C=O) groups is 1. The summed E-state index contributed by atoms with van der Waals surface area (Å²) in [4.78, 5) is 12.2. The van der Waals surface area contributed by atoms with E-state index in [1.807, 2.05) is 49.4 Å². The quantitative estimate of drug-likeness (QED) is 0.875. The fourth-order valence-electron chi connectivity index (χ4n) is 2.40. The predicted octanol–water partition coefficient (Wildman–Crippen LogP) is 3.89. The summed E-state index contributed by atoms with van der Waals surface area (Å²) in [7, 11) is 0. The number of hydrogen-bond acceptors (Lipinski definition) is 3. The molecule has 0 aliphatic carbocycles. The molecule has 1 aliphatic heterocycles. The largest absolute Gasteiger partial charge is 0.490 e.